The SMILES string of the molecule is Cc1ccc(-c2cc3c4c(c2)-n2c5ccc(C(C)(C)C)cc5c5cc(C(C)(C)C)cc(c52)B4c2cc(C(C)(C)C)cc4c5cc(C(C)(C)C)ccc5n-3c24)c2c3ccccc3n3c4ccccc4[n+](C)c3c12. The molecular formula is C67H64BN4+. The van der Waals surface area contributed by atoms with Gasteiger partial charge < -0.3 is 9.13 Å². The quantitative estimate of drug-likeness (QED) is 0.0887. The number of hydrogen-bond acceptors (Lipinski definition) is 0. The first-order chi connectivity index (χ1) is 34.1. The van der Waals surface area contributed by atoms with Crippen LogP contribution in [-0.2, 0) is 28.7 Å². The maximum Gasteiger partial charge on any atom is 0.295 e. The zero-order valence-corrected chi connectivity index (χ0v) is 44.6. The van der Waals surface area contributed by atoms with Gasteiger partial charge in [-0.05, 0) is 151 Å². The highest BCUT2D eigenvalue weighted by Gasteiger charge is 2.43. The molecular weight excluding hydrogens is 872 g/mol. The largest absolute Gasteiger partial charge is 0.310 e. The number of nitrogens with zero attached hydrogens (tertiary/aromatic N) is 4. The van der Waals surface area contributed by atoms with E-state index in [4.69, 9.17) is 0 Å². The standard InChI is InChI=1S/C67H64BN4/c1-37-23-26-43(59-44-19-15-16-20-51(44)72-55-22-18-17-21-54(55)69(14)63(72)58(37)59)38-29-56-60-57(30-38)71-53-28-25-40(65(5,6)7)32-46(53)48-34-42(67(11,12)13)36-50(62(48)71)68(60)49-35-41(66(8,9)10)33-47-45-31-39(64(2,3)4)24-27-52(45)70(56)61(47)49/h15-36H,1-14H3/q+1. The normalized spacial score (nSPS) is 13.9. The summed E-state index contributed by atoms with van der Waals surface area (Å²) in [4.78, 5) is 0. The van der Waals surface area contributed by atoms with E-state index in [0.717, 1.165) is 0 Å². The molecule has 0 atom stereocenters. The monoisotopic (exact) mass is 936 g/mol. The van der Waals surface area contributed by atoms with Crippen molar-refractivity contribution in [2.24, 2.45) is 7.05 Å². The summed E-state index contributed by atoms with van der Waals surface area (Å²) in [6.45, 7) is 30.7. The summed E-state index contributed by atoms with van der Waals surface area (Å²) in [6.07, 6.45) is 0. The summed E-state index contributed by atoms with van der Waals surface area (Å²) in [6, 6.07) is 52.9. The third kappa shape index (κ3) is 5.68. The van der Waals surface area contributed by atoms with Gasteiger partial charge in [-0.1, -0.05) is 150 Å². The first-order valence-corrected chi connectivity index (χ1v) is 26.3. The van der Waals surface area contributed by atoms with E-state index < -0.39 is 0 Å². The molecule has 354 valence electrons. The average molecular weight is 936 g/mol. The molecule has 8 aromatic carbocycles. The van der Waals surface area contributed by atoms with Crippen LogP contribution in [0.2, 0.25) is 0 Å². The first-order valence-electron chi connectivity index (χ1n) is 26.3. The summed E-state index contributed by atoms with van der Waals surface area (Å²) < 4.78 is 10.3. The van der Waals surface area contributed by atoms with Crippen LogP contribution in [0.5, 0.6) is 0 Å². The second-order valence-corrected chi connectivity index (χ2v) is 25.8. The van der Waals surface area contributed by atoms with E-state index in [1.54, 1.807) is 0 Å². The van der Waals surface area contributed by atoms with Crippen LogP contribution in [0.15, 0.2) is 133 Å². The van der Waals surface area contributed by atoms with Crippen molar-refractivity contribution in [2.75, 3.05) is 0 Å². The Labute approximate surface area is 423 Å². The van der Waals surface area contributed by atoms with Crippen molar-refractivity contribution in [1.82, 2.24) is 13.5 Å². The van der Waals surface area contributed by atoms with Gasteiger partial charge >= 0.3 is 0 Å². The lowest BCUT2D eigenvalue weighted by molar-refractivity contribution is -0.617. The first kappa shape index (κ1) is 43.7. The second-order valence-electron chi connectivity index (χ2n) is 25.8. The van der Waals surface area contributed by atoms with Crippen molar-refractivity contribution in [1.29, 1.82) is 0 Å². The molecule has 0 spiro atoms. The summed E-state index contributed by atoms with van der Waals surface area (Å²) >= 11 is 0. The van der Waals surface area contributed by atoms with E-state index in [-0.39, 0.29) is 28.4 Å². The van der Waals surface area contributed by atoms with E-state index >= 15 is 0 Å². The minimum atomic E-state index is -0.0631. The minimum Gasteiger partial charge on any atom is -0.310 e. The molecule has 0 saturated heterocycles. The fourth-order valence-electron chi connectivity index (χ4n) is 13.3. The maximum absolute atomic E-state index is 2.68. The summed E-state index contributed by atoms with van der Waals surface area (Å²) in [7, 11) is 2.24. The van der Waals surface area contributed by atoms with Crippen molar-refractivity contribution in [2.45, 2.75) is 112 Å². The molecule has 0 N–H and O–H groups in total. The Hall–Kier alpha value is -7.11. The Balaban J connectivity index is 1.21. The molecule has 6 heterocycles. The number of benzene rings is 8. The van der Waals surface area contributed by atoms with Gasteiger partial charge in [-0.2, -0.15) is 4.40 Å². The minimum absolute atomic E-state index is 0.00340. The highest BCUT2D eigenvalue weighted by atomic mass is 15.1. The topological polar surface area (TPSA) is 18.1 Å². The Morgan fingerprint density at radius 2 is 0.917 bits per heavy atom. The van der Waals surface area contributed by atoms with Crippen LogP contribution < -0.4 is 21.0 Å². The summed E-state index contributed by atoms with van der Waals surface area (Å²) in [5, 5.41) is 9.21. The van der Waals surface area contributed by atoms with Crippen LogP contribution >= 0.6 is 0 Å². The van der Waals surface area contributed by atoms with Gasteiger partial charge in [-0.25, -0.2) is 4.57 Å². The molecule has 0 unspecified atom stereocenters. The number of pyridine rings is 1. The van der Waals surface area contributed by atoms with Gasteiger partial charge in [-0.15, -0.1) is 0 Å². The van der Waals surface area contributed by atoms with Gasteiger partial charge in [0.25, 0.3) is 12.4 Å². The fourth-order valence-corrected chi connectivity index (χ4v) is 13.3. The second kappa shape index (κ2) is 13.9. The Morgan fingerprint density at radius 3 is 1.44 bits per heavy atom. The number of para-hydroxylation sites is 3. The maximum atomic E-state index is 2.68. The molecule has 72 heavy (non-hydrogen) atoms. The summed E-state index contributed by atoms with van der Waals surface area (Å²) in [5.41, 5.74) is 26.0. The van der Waals surface area contributed by atoms with E-state index in [0.29, 0.717) is 0 Å². The lowest BCUT2D eigenvalue weighted by Crippen LogP contribution is -2.59. The van der Waals surface area contributed by atoms with E-state index in [2.05, 4.69) is 249 Å². The number of fused-ring (bicyclic) bond motifs is 18. The number of aryl methyl sites for hydroxylation is 2. The highest BCUT2D eigenvalue weighted by molar-refractivity contribution is 7.00. The third-order valence-electron chi connectivity index (χ3n) is 17.2. The molecule has 2 aliphatic heterocycles. The van der Waals surface area contributed by atoms with Crippen LogP contribution in [-0.4, -0.2) is 20.2 Å². The predicted molar refractivity (Wildman–Crippen MR) is 309 cm³/mol. The van der Waals surface area contributed by atoms with Crippen molar-refractivity contribution >= 4 is 105 Å². The van der Waals surface area contributed by atoms with Gasteiger partial charge in [0.2, 0.25) is 0 Å². The third-order valence-corrected chi connectivity index (χ3v) is 17.2. The van der Waals surface area contributed by atoms with E-state index in [1.165, 1.54) is 149 Å². The Bertz CT molecular complexity index is 4260. The molecule has 0 fully saturated rings. The average Bonchev–Trinajstić information content (AvgIpc) is 3.96. The Morgan fingerprint density at radius 1 is 0.431 bits per heavy atom. The number of imidazole rings is 1. The van der Waals surface area contributed by atoms with Crippen LogP contribution in [0.3, 0.4) is 0 Å². The molecule has 0 saturated carbocycles. The van der Waals surface area contributed by atoms with Gasteiger partial charge in [0.15, 0.2) is 11.0 Å². The van der Waals surface area contributed by atoms with Crippen LogP contribution in [0, 0.1) is 6.92 Å². The van der Waals surface area contributed by atoms with Gasteiger partial charge in [0.1, 0.15) is 5.52 Å². The van der Waals surface area contributed by atoms with Crippen LogP contribution in [0.4, 0.5) is 0 Å². The molecule has 0 bridgehead atoms. The molecule has 12 aromatic rings. The lowest BCUT2D eigenvalue weighted by Gasteiger charge is -2.36. The zero-order chi connectivity index (χ0) is 50.0. The van der Waals surface area contributed by atoms with E-state index in [1.807, 2.05) is 0 Å². The number of aromatic nitrogens is 4. The molecule has 4 nitrogen and oxygen atoms in total. The Kier molecular flexibility index (Phi) is 8.42. The number of hydrogen-bond donors (Lipinski definition) is 0. The molecule has 0 aliphatic carbocycles. The fraction of sp³-hybridized carbons (Fsp3) is 0.269. The molecule has 14 rings (SSSR count). The summed E-state index contributed by atoms with van der Waals surface area (Å²) in [5.74, 6) is 0. The van der Waals surface area contributed by atoms with Crippen molar-refractivity contribution in [3.63, 3.8) is 0 Å². The molecule has 0 amide bonds. The molecule has 4 aromatic heterocycles. The zero-order valence-electron chi connectivity index (χ0n) is 44.6. The molecule has 0 radical (unpaired) electrons. The lowest BCUT2D eigenvalue weighted by atomic mass is 9.33. The smallest absolute Gasteiger partial charge is 0.295 e. The van der Waals surface area contributed by atoms with Crippen LogP contribution in [0.1, 0.15) is 111 Å². The van der Waals surface area contributed by atoms with Crippen molar-refractivity contribution < 1.29 is 4.57 Å². The number of rotatable bonds is 1. The molecule has 5 heteroatoms. The van der Waals surface area contributed by atoms with Gasteiger partial charge in [0, 0.05) is 54.7 Å². The van der Waals surface area contributed by atoms with Crippen molar-refractivity contribution in [3.05, 3.63) is 161 Å². The van der Waals surface area contributed by atoms with Gasteiger partial charge in [0.05, 0.1) is 23.5 Å². The van der Waals surface area contributed by atoms with Crippen LogP contribution in [0.25, 0.3) is 104 Å². The van der Waals surface area contributed by atoms with E-state index in [9.17, 15) is 0 Å². The van der Waals surface area contributed by atoms with Crippen molar-refractivity contribution in [3.8, 4) is 22.5 Å². The predicted octanol–water partition coefficient (Wildman–Crippen LogP) is 14.7. The highest BCUT2D eigenvalue weighted by Crippen LogP contribution is 2.46. The van der Waals surface area contributed by atoms with Gasteiger partial charge in [-0.3, -0.25) is 0 Å². The molecule has 2 aliphatic rings.